The first-order chi connectivity index (χ1) is 9.37. The molecule has 104 valence electrons. The van der Waals surface area contributed by atoms with Gasteiger partial charge in [-0.2, -0.15) is 0 Å². The lowest BCUT2D eigenvalue weighted by molar-refractivity contribution is 0.00578. The molecule has 0 radical (unpaired) electrons. The Hall–Kier alpha value is -1.59. The Morgan fingerprint density at radius 1 is 1.20 bits per heavy atom. The Kier molecular flexibility index (Phi) is 2.99. The number of pyridine rings is 1. The highest BCUT2D eigenvalue weighted by Crippen LogP contribution is 2.36. The van der Waals surface area contributed by atoms with Crippen LogP contribution in [0.4, 0.5) is 0 Å². The molecule has 3 rings (SSSR count). The van der Waals surface area contributed by atoms with E-state index in [0.717, 1.165) is 16.6 Å². The highest BCUT2D eigenvalue weighted by atomic mass is 16.7. The zero-order valence-corrected chi connectivity index (χ0v) is 12.3. The number of hydrogen-bond acceptors (Lipinski definition) is 3. The maximum atomic E-state index is 5.92. The molecule has 2 aromatic rings. The molecule has 20 heavy (non-hydrogen) atoms. The van der Waals surface area contributed by atoms with Crippen LogP contribution in [0.2, 0.25) is 0 Å². The van der Waals surface area contributed by atoms with Gasteiger partial charge in [0.05, 0.1) is 28.6 Å². The van der Waals surface area contributed by atoms with Gasteiger partial charge in [-0.3, -0.25) is 4.98 Å². The summed E-state index contributed by atoms with van der Waals surface area (Å²) in [6.45, 7) is 8.19. The van der Waals surface area contributed by atoms with E-state index >= 15 is 0 Å². The van der Waals surface area contributed by atoms with Crippen LogP contribution < -0.4 is 0 Å². The van der Waals surface area contributed by atoms with E-state index in [4.69, 9.17) is 9.31 Å². The second kappa shape index (κ2) is 4.47. The van der Waals surface area contributed by atoms with Crippen LogP contribution in [0.5, 0.6) is 0 Å². The van der Waals surface area contributed by atoms with Crippen LogP contribution in [0.3, 0.4) is 0 Å². The van der Waals surface area contributed by atoms with E-state index in [1.165, 1.54) is 0 Å². The van der Waals surface area contributed by atoms with Gasteiger partial charge in [-0.05, 0) is 45.9 Å². The van der Waals surface area contributed by atoms with Gasteiger partial charge in [0.2, 0.25) is 0 Å². The monoisotopic (exact) mass is 270 g/mol. The molecule has 0 amide bonds. The SMILES string of the molecule is CC1(C)OB(/C=C/c2cc3cc[nH]c3cn2)OC1(C)C. The fraction of sp³-hybridized carbons (Fsp3) is 0.400. The first-order valence-electron chi connectivity index (χ1n) is 6.84. The molecule has 3 heterocycles. The zero-order chi connectivity index (χ0) is 14.4. The summed E-state index contributed by atoms with van der Waals surface area (Å²) >= 11 is 0. The number of rotatable bonds is 2. The summed E-state index contributed by atoms with van der Waals surface area (Å²) in [4.78, 5) is 7.51. The Labute approximate surface area is 119 Å². The predicted octanol–water partition coefficient (Wildman–Crippen LogP) is 3.21. The third kappa shape index (κ3) is 2.27. The molecule has 4 nitrogen and oxygen atoms in total. The minimum absolute atomic E-state index is 0.306. The number of aromatic amines is 1. The molecule has 1 N–H and O–H groups in total. The van der Waals surface area contributed by atoms with Crippen molar-refractivity contribution in [2.45, 2.75) is 38.9 Å². The predicted molar refractivity (Wildman–Crippen MR) is 81.2 cm³/mol. The van der Waals surface area contributed by atoms with E-state index in [0.29, 0.717) is 0 Å². The lowest BCUT2D eigenvalue weighted by atomic mass is 9.89. The lowest BCUT2D eigenvalue weighted by Gasteiger charge is -2.32. The van der Waals surface area contributed by atoms with Crippen LogP contribution in [0.15, 0.2) is 30.5 Å². The van der Waals surface area contributed by atoms with Crippen molar-refractivity contribution in [1.82, 2.24) is 9.97 Å². The molecule has 0 atom stereocenters. The molecular formula is C15H19BN2O2. The van der Waals surface area contributed by atoms with E-state index in [1.54, 1.807) is 0 Å². The number of nitrogens with one attached hydrogen (secondary N) is 1. The van der Waals surface area contributed by atoms with Gasteiger partial charge in [0.1, 0.15) is 0 Å². The van der Waals surface area contributed by atoms with E-state index in [2.05, 4.69) is 9.97 Å². The third-order valence-electron chi connectivity index (χ3n) is 4.15. The molecule has 2 aromatic heterocycles. The van der Waals surface area contributed by atoms with E-state index in [1.807, 2.05) is 64.3 Å². The molecule has 0 aliphatic carbocycles. The van der Waals surface area contributed by atoms with Gasteiger partial charge in [-0.15, -0.1) is 0 Å². The normalized spacial score (nSPS) is 21.1. The lowest BCUT2D eigenvalue weighted by Crippen LogP contribution is -2.41. The zero-order valence-electron chi connectivity index (χ0n) is 12.3. The summed E-state index contributed by atoms with van der Waals surface area (Å²) in [5.41, 5.74) is 1.32. The minimum Gasteiger partial charge on any atom is -0.400 e. The number of aromatic nitrogens is 2. The first kappa shape index (κ1) is 13.4. The standard InChI is InChI=1S/C15H19BN2O2/c1-14(2)15(3,4)20-16(19-14)7-5-12-9-11-6-8-17-13(11)10-18-12/h5-10,17H,1-4H3/b7-5+. The molecule has 1 fully saturated rings. The van der Waals surface area contributed by atoms with Crippen molar-refractivity contribution in [2.24, 2.45) is 0 Å². The van der Waals surface area contributed by atoms with Crippen LogP contribution >= 0.6 is 0 Å². The molecular weight excluding hydrogens is 251 g/mol. The van der Waals surface area contributed by atoms with Crippen molar-refractivity contribution >= 4 is 24.1 Å². The molecule has 0 bridgehead atoms. The second-order valence-corrected chi connectivity index (χ2v) is 6.16. The van der Waals surface area contributed by atoms with Crippen molar-refractivity contribution < 1.29 is 9.31 Å². The van der Waals surface area contributed by atoms with E-state index in [-0.39, 0.29) is 18.3 Å². The van der Waals surface area contributed by atoms with E-state index in [9.17, 15) is 0 Å². The van der Waals surface area contributed by atoms with Crippen LogP contribution in [-0.2, 0) is 9.31 Å². The molecule has 1 saturated heterocycles. The van der Waals surface area contributed by atoms with Crippen LogP contribution in [0.25, 0.3) is 17.0 Å². The largest absolute Gasteiger partial charge is 0.487 e. The number of fused-ring (bicyclic) bond motifs is 1. The van der Waals surface area contributed by atoms with Crippen molar-refractivity contribution in [3.8, 4) is 0 Å². The van der Waals surface area contributed by atoms with Crippen molar-refractivity contribution in [1.29, 1.82) is 0 Å². The maximum Gasteiger partial charge on any atom is 0.487 e. The summed E-state index contributed by atoms with van der Waals surface area (Å²) in [6.07, 6.45) is 5.68. The smallest absolute Gasteiger partial charge is 0.400 e. The Morgan fingerprint density at radius 2 is 1.90 bits per heavy atom. The fourth-order valence-corrected chi connectivity index (χ4v) is 2.20. The molecule has 0 aromatic carbocycles. The Morgan fingerprint density at radius 3 is 2.60 bits per heavy atom. The molecule has 0 unspecified atom stereocenters. The average Bonchev–Trinajstić information content (AvgIpc) is 2.89. The van der Waals surface area contributed by atoms with Gasteiger partial charge in [-0.25, -0.2) is 0 Å². The van der Waals surface area contributed by atoms with Gasteiger partial charge in [0.15, 0.2) is 0 Å². The van der Waals surface area contributed by atoms with Crippen LogP contribution in [0.1, 0.15) is 33.4 Å². The molecule has 1 aliphatic rings. The Bertz CT molecular complexity index is 645. The fourth-order valence-electron chi connectivity index (χ4n) is 2.20. The van der Waals surface area contributed by atoms with E-state index < -0.39 is 0 Å². The third-order valence-corrected chi connectivity index (χ3v) is 4.15. The molecule has 0 spiro atoms. The topological polar surface area (TPSA) is 47.1 Å². The highest BCUT2D eigenvalue weighted by molar-refractivity contribution is 6.52. The summed E-state index contributed by atoms with van der Waals surface area (Å²) in [5, 5.41) is 1.15. The summed E-state index contributed by atoms with van der Waals surface area (Å²) in [5.74, 6) is 1.91. The summed E-state index contributed by atoms with van der Waals surface area (Å²) < 4.78 is 11.8. The highest BCUT2D eigenvalue weighted by Gasteiger charge is 2.49. The maximum absolute atomic E-state index is 5.92. The average molecular weight is 270 g/mol. The second-order valence-electron chi connectivity index (χ2n) is 6.16. The Balaban J connectivity index is 1.78. The van der Waals surface area contributed by atoms with Gasteiger partial charge in [-0.1, -0.05) is 5.98 Å². The van der Waals surface area contributed by atoms with Crippen molar-refractivity contribution in [2.75, 3.05) is 0 Å². The van der Waals surface area contributed by atoms with Crippen molar-refractivity contribution in [3.05, 3.63) is 36.2 Å². The summed E-state index contributed by atoms with van der Waals surface area (Å²) in [6, 6.07) is 4.07. The van der Waals surface area contributed by atoms with Gasteiger partial charge in [0.25, 0.3) is 0 Å². The van der Waals surface area contributed by atoms with Crippen LogP contribution in [0, 0.1) is 0 Å². The quantitative estimate of drug-likeness (QED) is 0.852. The number of hydrogen-bond donors (Lipinski definition) is 1. The van der Waals surface area contributed by atoms with Gasteiger partial charge >= 0.3 is 7.12 Å². The number of nitrogens with zero attached hydrogens (tertiary/aromatic N) is 1. The number of H-pyrrole nitrogens is 1. The van der Waals surface area contributed by atoms with Crippen LogP contribution in [-0.4, -0.2) is 28.3 Å². The van der Waals surface area contributed by atoms with Crippen molar-refractivity contribution in [3.63, 3.8) is 0 Å². The molecule has 5 heteroatoms. The first-order valence-corrected chi connectivity index (χ1v) is 6.84. The minimum atomic E-state index is -0.330. The summed E-state index contributed by atoms with van der Waals surface area (Å²) in [7, 11) is -0.330. The van der Waals surface area contributed by atoms with Gasteiger partial charge < -0.3 is 14.3 Å². The molecule has 1 aliphatic heterocycles. The molecule has 0 saturated carbocycles. The van der Waals surface area contributed by atoms with Gasteiger partial charge in [0, 0.05) is 11.6 Å².